The second kappa shape index (κ2) is 8.27. The van der Waals surface area contributed by atoms with E-state index in [1.54, 1.807) is 36.5 Å². The number of ether oxygens (including phenoxy) is 1. The van der Waals surface area contributed by atoms with Crippen molar-refractivity contribution >= 4 is 45.3 Å². The van der Waals surface area contributed by atoms with Crippen molar-refractivity contribution in [3.8, 4) is 11.8 Å². The van der Waals surface area contributed by atoms with E-state index in [1.807, 2.05) is 0 Å². The molecule has 5 aromatic rings. The van der Waals surface area contributed by atoms with Crippen molar-refractivity contribution in [3.63, 3.8) is 0 Å². The van der Waals surface area contributed by atoms with E-state index in [1.165, 1.54) is 35.4 Å². The summed E-state index contributed by atoms with van der Waals surface area (Å²) in [6.07, 6.45) is 1.59. The number of benzene rings is 2. The lowest BCUT2D eigenvalue weighted by atomic mass is 10.2. The van der Waals surface area contributed by atoms with E-state index >= 15 is 0 Å². The molecule has 8 nitrogen and oxygen atoms in total. The maximum atomic E-state index is 14.7. The summed E-state index contributed by atoms with van der Waals surface area (Å²) in [5.41, 5.74) is -0.405. The summed E-state index contributed by atoms with van der Waals surface area (Å²) in [6, 6.07) is 11.1. The van der Waals surface area contributed by atoms with E-state index in [-0.39, 0.29) is 34.3 Å². The Hall–Kier alpha value is -3.69. The highest BCUT2D eigenvalue weighted by molar-refractivity contribution is 6.35. The average Bonchev–Trinajstić information content (AvgIpc) is 3.18. The molecule has 0 saturated carbocycles. The van der Waals surface area contributed by atoms with Gasteiger partial charge in [-0.25, -0.2) is 9.18 Å². The number of hydrogen-bond donors (Lipinski definition) is 0. The molecule has 0 aliphatic heterocycles. The van der Waals surface area contributed by atoms with E-state index < -0.39 is 17.1 Å². The van der Waals surface area contributed by atoms with Crippen LogP contribution in [0.5, 0.6) is 11.8 Å². The number of halogens is 3. The molecule has 0 aliphatic carbocycles. The van der Waals surface area contributed by atoms with Gasteiger partial charge in [0.25, 0.3) is 5.56 Å². The second-order valence-corrected chi connectivity index (χ2v) is 8.42. The van der Waals surface area contributed by atoms with Crippen LogP contribution in [0.25, 0.3) is 22.1 Å². The molecule has 3 heterocycles. The Kier molecular flexibility index (Phi) is 5.38. The molecule has 11 heteroatoms. The standard InChI is InChI=1S/C23H16Cl2FN5O3/c1-29-20-19(21(32)30(2)23(29)33)31(11-13-14(24)6-3-7-16(13)26)22(28-20)34-17-9-8-15(25)12-5-4-10-27-18(12)17/h3-10H,11H2,1-2H3. The van der Waals surface area contributed by atoms with Gasteiger partial charge in [0.15, 0.2) is 16.9 Å². The van der Waals surface area contributed by atoms with Crippen LogP contribution in [-0.4, -0.2) is 23.7 Å². The lowest BCUT2D eigenvalue weighted by Gasteiger charge is -2.13. The summed E-state index contributed by atoms with van der Waals surface area (Å²) in [7, 11) is 2.84. The molecule has 0 spiro atoms. The number of nitrogens with zero attached hydrogens (tertiary/aromatic N) is 5. The molecular weight excluding hydrogens is 484 g/mol. The third-order valence-corrected chi connectivity index (χ3v) is 6.26. The molecule has 0 bridgehead atoms. The van der Waals surface area contributed by atoms with Crippen LogP contribution in [0.1, 0.15) is 5.56 Å². The molecule has 0 fully saturated rings. The van der Waals surface area contributed by atoms with Crippen LogP contribution < -0.4 is 16.0 Å². The quantitative estimate of drug-likeness (QED) is 0.368. The number of aryl methyl sites for hydroxylation is 1. The largest absolute Gasteiger partial charge is 0.423 e. The summed E-state index contributed by atoms with van der Waals surface area (Å²) >= 11 is 12.5. The summed E-state index contributed by atoms with van der Waals surface area (Å²) < 4.78 is 24.3. The fraction of sp³-hybridized carbons (Fsp3) is 0.130. The van der Waals surface area contributed by atoms with E-state index in [4.69, 9.17) is 27.9 Å². The lowest BCUT2D eigenvalue weighted by molar-refractivity contribution is 0.423. The second-order valence-electron chi connectivity index (χ2n) is 7.61. The Balaban J connectivity index is 1.79. The van der Waals surface area contributed by atoms with Gasteiger partial charge in [-0.05, 0) is 36.4 Å². The van der Waals surface area contributed by atoms with Crippen LogP contribution >= 0.6 is 23.2 Å². The summed E-state index contributed by atoms with van der Waals surface area (Å²) in [6.45, 7) is -0.163. The van der Waals surface area contributed by atoms with Crippen molar-refractivity contribution in [1.29, 1.82) is 0 Å². The predicted octanol–water partition coefficient (Wildman–Crippen LogP) is 4.27. The maximum Gasteiger partial charge on any atom is 0.332 e. The SMILES string of the molecule is Cn1c(=O)c2c(nc(Oc3ccc(Cl)c4cccnc34)n2Cc2c(F)cccc2Cl)n(C)c1=O. The van der Waals surface area contributed by atoms with Gasteiger partial charge in [-0.1, -0.05) is 29.3 Å². The van der Waals surface area contributed by atoms with Gasteiger partial charge < -0.3 is 4.74 Å². The van der Waals surface area contributed by atoms with Crippen molar-refractivity contribution in [2.45, 2.75) is 6.54 Å². The number of imidazole rings is 1. The first-order valence-electron chi connectivity index (χ1n) is 10.1. The third kappa shape index (κ3) is 3.44. The van der Waals surface area contributed by atoms with E-state index in [0.29, 0.717) is 21.7 Å². The third-order valence-electron chi connectivity index (χ3n) is 5.57. The Morgan fingerprint density at radius 3 is 2.56 bits per heavy atom. The van der Waals surface area contributed by atoms with Crippen LogP contribution in [0.2, 0.25) is 10.0 Å². The zero-order chi connectivity index (χ0) is 24.1. The topological polar surface area (TPSA) is 83.9 Å². The molecule has 34 heavy (non-hydrogen) atoms. The molecule has 0 radical (unpaired) electrons. The lowest BCUT2D eigenvalue weighted by Crippen LogP contribution is -2.37. The molecule has 0 N–H and O–H groups in total. The molecular formula is C23H16Cl2FN5O3. The smallest absolute Gasteiger partial charge is 0.332 e. The van der Waals surface area contributed by atoms with E-state index in [2.05, 4.69) is 9.97 Å². The van der Waals surface area contributed by atoms with Crippen molar-refractivity contribution in [1.82, 2.24) is 23.7 Å². The van der Waals surface area contributed by atoms with Crippen LogP contribution in [0.15, 0.2) is 58.3 Å². The minimum atomic E-state index is -0.605. The zero-order valence-corrected chi connectivity index (χ0v) is 19.4. The Labute approximate surface area is 201 Å². The Morgan fingerprint density at radius 1 is 1.00 bits per heavy atom. The normalized spacial score (nSPS) is 11.4. The minimum absolute atomic E-state index is 0.0399. The van der Waals surface area contributed by atoms with Crippen molar-refractivity contribution in [3.05, 3.63) is 90.9 Å². The fourth-order valence-corrected chi connectivity index (χ4v) is 4.22. The summed E-state index contributed by atoms with van der Waals surface area (Å²) in [4.78, 5) is 34.3. The van der Waals surface area contributed by atoms with Crippen molar-refractivity contribution < 1.29 is 9.13 Å². The number of hydrogen-bond acceptors (Lipinski definition) is 5. The molecule has 0 aliphatic rings. The van der Waals surface area contributed by atoms with Crippen molar-refractivity contribution in [2.75, 3.05) is 0 Å². The van der Waals surface area contributed by atoms with Gasteiger partial charge in [-0.2, -0.15) is 4.98 Å². The first kappa shape index (κ1) is 22.1. The summed E-state index contributed by atoms with van der Waals surface area (Å²) in [5, 5.41) is 1.32. The van der Waals surface area contributed by atoms with Gasteiger partial charge in [0, 0.05) is 36.3 Å². The van der Waals surface area contributed by atoms with Gasteiger partial charge in [-0.15, -0.1) is 0 Å². The maximum absolute atomic E-state index is 14.7. The molecule has 172 valence electrons. The van der Waals surface area contributed by atoms with E-state index in [0.717, 1.165) is 4.57 Å². The Morgan fingerprint density at radius 2 is 1.79 bits per heavy atom. The van der Waals surface area contributed by atoms with Crippen molar-refractivity contribution in [2.24, 2.45) is 14.1 Å². The summed E-state index contributed by atoms with van der Waals surface area (Å²) in [5.74, 6) is -0.237. The average molecular weight is 500 g/mol. The van der Waals surface area contributed by atoms with Gasteiger partial charge in [0.1, 0.15) is 11.3 Å². The number of fused-ring (bicyclic) bond motifs is 2. The molecule has 0 atom stereocenters. The van der Waals surface area contributed by atoms with Gasteiger partial charge in [-0.3, -0.25) is 23.5 Å². The number of rotatable bonds is 4. The van der Waals surface area contributed by atoms with E-state index in [9.17, 15) is 14.0 Å². The number of pyridine rings is 1. The predicted molar refractivity (Wildman–Crippen MR) is 128 cm³/mol. The van der Waals surface area contributed by atoms with Crippen LogP contribution in [0.4, 0.5) is 4.39 Å². The van der Waals surface area contributed by atoms with Gasteiger partial charge in [0.05, 0.1) is 11.6 Å². The van der Waals surface area contributed by atoms with Crippen LogP contribution in [0.3, 0.4) is 0 Å². The molecule has 3 aromatic heterocycles. The van der Waals surface area contributed by atoms with Crippen LogP contribution in [0, 0.1) is 5.82 Å². The monoisotopic (exact) mass is 499 g/mol. The minimum Gasteiger partial charge on any atom is -0.423 e. The number of aromatic nitrogens is 5. The van der Waals surface area contributed by atoms with Crippen LogP contribution in [-0.2, 0) is 20.6 Å². The molecule has 0 amide bonds. The first-order chi connectivity index (χ1) is 16.3. The molecule has 0 saturated heterocycles. The highest BCUT2D eigenvalue weighted by Gasteiger charge is 2.23. The molecule has 0 unspecified atom stereocenters. The Bertz CT molecular complexity index is 1700. The first-order valence-corrected chi connectivity index (χ1v) is 10.8. The zero-order valence-electron chi connectivity index (χ0n) is 17.9. The van der Waals surface area contributed by atoms with Gasteiger partial charge >= 0.3 is 11.7 Å². The molecule has 2 aromatic carbocycles. The highest BCUT2D eigenvalue weighted by atomic mass is 35.5. The highest BCUT2D eigenvalue weighted by Crippen LogP contribution is 2.34. The molecule has 5 rings (SSSR count). The van der Waals surface area contributed by atoms with Gasteiger partial charge in [0.2, 0.25) is 0 Å². The fourth-order valence-electron chi connectivity index (χ4n) is 3.79.